The van der Waals surface area contributed by atoms with Crippen LogP contribution in [0.3, 0.4) is 0 Å². The lowest BCUT2D eigenvalue weighted by Crippen LogP contribution is -2.13. The topological polar surface area (TPSA) is 81.7 Å². The van der Waals surface area contributed by atoms with E-state index in [0.29, 0.717) is 34.6 Å². The van der Waals surface area contributed by atoms with Crippen molar-refractivity contribution in [2.75, 3.05) is 31.5 Å². The highest BCUT2D eigenvalue weighted by Crippen LogP contribution is 2.30. The molecule has 2 N–H and O–H groups in total. The number of nitrogens with one attached hydrogen (secondary N) is 2. The number of aromatic nitrogens is 1. The van der Waals surface area contributed by atoms with Gasteiger partial charge in [-0.3, -0.25) is 4.79 Å². The molecule has 0 unspecified atom stereocenters. The Kier molecular flexibility index (Phi) is 6.33. The molecule has 3 aromatic rings. The molecule has 0 aliphatic heterocycles. The molecule has 0 aliphatic carbocycles. The standard InChI is InChI=1S/C20H21N3O4S/c1-4-27-14-7-5-13(6-8-14)21-20-23-17(12-28-20)19(24)22-16-11-15(25-2)9-10-18(16)26-3/h5-12H,4H2,1-3H3,(H,21,23)(H,22,24). The maximum Gasteiger partial charge on any atom is 0.275 e. The van der Waals surface area contributed by atoms with Crippen molar-refractivity contribution >= 4 is 33.8 Å². The minimum atomic E-state index is -0.331. The Hall–Kier alpha value is -3.26. The normalized spacial score (nSPS) is 10.2. The summed E-state index contributed by atoms with van der Waals surface area (Å²) in [4.78, 5) is 16.9. The lowest BCUT2D eigenvalue weighted by molar-refractivity contribution is 0.102. The first-order valence-corrected chi connectivity index (χ1v) is 9.49. The maximum absolute atomic E-state index is 12.6. The molecule has 0 fully saturated rings. The van der Waals surface area contributed by atoms with E-state index in [2.05, 4.69) is 15.6 Å². The second-order valence-electron chi connectivity index (χ2n) is 5.64. The molecule has 146 valence electrons. The van der Waals surface area contributed by atoms with Gasteiger partial charge in [-0.25, -0.2) is 4.98 Å². The fourth-order valence-corrected chi connectivity index (χ4v) is 3.17. The van der Waals surface area contributed by atoms with Gasteiger partial charge in [0.25, 0.3) is 5.91 Å². The van der Waals surface area contributed by atoms with Gasteiger partial charge in [0.05, 0.1) is 26.5 Å². The van der Waals surface area contributed by atoms with Crippen molar-refractivity contribution in [2.45, 2.75) is 6.92 Å². The van der Waals surface area contributed by atoms with E-state index >= 15 is 0 Å². The molecule has 0 aliphatic rings. The van der Waals surface area contributed by atoms with E-state index < -0.39 is 0 Å². The fraction of sp³-hybridized carbons (Fsp3) is 0.200. The molecule has 2 aromatic carbocycles. The predicted octanol–water partition coefficient (Wildman–Crippen LogP) is 4.55. The summed E-state index contributed by atoms with van der Waals surface area (Å²) in [7, 11) is 3.10. The van der Waals surface area contributed by atoms with Crippen LogP contribution in [0.25, 0.3) is 0 Å². The monoisotopic (exact) mass is 399 g/mol. The van der Waals surface area contributed by atoms with Crippen LogP contribution in [-0.2, 0) is 0 Å². The van der Waals surface area contributed by atoms with Gasteiger partial charge in [0.2, 0.25) is 0 Å². The Bertz CT molecular complexity index is 941. The molecule has 28 heavy (non-hydrogen) atoms. The second kappa shape index (κ2) is 9.09. The molecule has 0 atom stereocenters. The minimum Gasteiger partial charge on any atom is -0.497 e. The first kappa shape index (κ1) is 19.5. The number of nitrogens with zero attached hydrogens (tertiary/aromatic N) is 1. The maximum atomic E-state index is 12.6. The predicted molar refractivity (Wildman–Crippen MR) is 111 cm³/mol. The zero-order valence-electron chi connectivity index (χ0n) is 15.8. The summed E-state index contributed by atoms with van der Waals surface area (Å²) in [5, 5.41) is 8.30. The zero-order chi connectivity index (χ0) is 19.9. The van der Waals surface area contributed by atoms with E-state index in [1.807, 2.05) is 31.2 Å². The van der Waals surface area contributed by atoms with Crippen LogP contribution in [0, 0.1) is 0 Å². The highest BCUT2D eigenvalue weighted by Gasteiger charge is 2.14. The number of carbonyl (C=O) groups is 1. The average Bonchev–Trinajstić information content (AvgIpc) is 3.18. The Balaban J connectivity index is 1.69. The number of carbonyl (C=O) groups excluding carboxylic acids is 1. The molecule has 1 amide bonds. The number of methoxy groups -OCH3 is 2. The highest BCUT2D eigenvalue weighted by molar-refractivity contribution is 7.14. The number of ether oxygens (including phenoxy) is 3. The van der Waals surface area contributed by atoms with E-state index in [9.17, 15) is 4.79 Å². The molecule has 0 saturated heterocycles. The molecule has 0 radical (unpaired) electrons. The Morgan fingerprint density at radius 1 is 1.07 bits per heavy atom. The van der Waals surface area contributed by atoms with Crippen LogP contribution < -0.4 is 24.8 Å². The van der Waals surface area contributed by atoms with Crippen LogP contribution in [0.4, 0.5) is 16.5 Å². The minimum absolute atomic E-state index is 0.309. The van der Waals surface area contributed by atoms with Gasteiger partial charge in [-0.15, -0.1) is 11.3 Å². The van der Waals surface area contributed by atoms with Crippen molar-refractivity contribution < 1.29 is 19.0 Å². The first-order chi connectivity index (χ1) is 13.6. The molecule has 1 aromatic heterocycles. The quantitative estimate of drug-likeness (QED) is 0.578. The van der Waals surface area contributed by atoms with Crippen molar-refractivity contribution in [3.8, 4) is 17.2 Å². The molecule has 1 heterocycles. The summed E-state index contributed by atoms with van der Waals surface area (Å²) in [6.07, 6.45) is 0. The van der Waals surface area contributed by atoms with Crippen LogP contribution in [-0.4, -0.2) is 31.7 Å². The summed E-state index contributed by atoms with van der Waals surface area (Å²) in [5.41, 5.74) is 1.68. The van der Waals surface area contributed by atoms with Gasteiger partial charge in [0.1, 0.15) is 22.9 Å². The number of thiazole rings is 1. The number of anilines is 3. The van der Waals surface area contributed by atoms with Crippen molar-refractivity contribution in [1.82, 2.24) is 4.98 Å². The Morgan fingerprint density at radius 3 is 2.50 bits per heavy atom. The van der Waals surface area contributed by atoms with Crippen LogP contribution in [0.5, 0.6) is 17.2 Å². The molecule has 0 bridgehead atoms. The molecule has 0 saturated carbocycles. The molecule has 0 spiro atoms. The molecule has 7 nitrogen and oxygen atoms in total. The molecule has 8 heteroatoms. The number of hydrogen-bond donors (Lipinski definition) is 2. The van der Waals surface area contributed by atoms with Gasteiger partial charge < -0.3 is 24.8 Å². The van der Waals surface area contributed by atoms with Crippen LogP contribution in [0.2, 0.25) is 0 Å². The van der Waals surface area contributed by atoms with Gasteiger partial charge in [-0.1, -0.05) is 0 Å². The number of hydrogen-bond acceptors (Lipinski definition) is 7. The summed E-state index contributed by atoms with van der Waals surface area (Å²) in [6.45, 7) is 2.56. The third-order valence-corrected chi connectivity index (χ3v) is 4.57. The smallest absolute Gasteiger partial charge is 0.275 e. The van der Waals surface area contributed by atoms with E-state index in [1.54, 1.807) is 37.8 Å². The lowest BCUT2D eigenvalue weighted by atomic mass is 10.2. The molecular weight excluding hydrogens is 378 g/mol. The average molecular weight is 399 g/mol. The summed E-state index contributed by atoms with van der Waals surface area (Å²) >= 11 is 1.35. The van der Waals surface area contributed by atoms with E-state index in [0.717, 1.165) is 11.4 Å². The summed E-state index contributed by atoms with van der Waals surface area (Å²) in [6, 6.07) is 12.7. The molecular formula is C20H21N3O4S. The van der Waals surface area contributed by atoms with Crippen LogP contribution in [0.15, 0.2) is 47.8 Å². The summed E-state index contributed by atoms with van der Waals surface area (Å²) in [5.74, 6) is 1.63. The Morgan fingerprint density at radius 2 is 1.82 bits per heavy atom. The zero-order valence-corrected chi connectivity index (χ0v) is 16.6. The van der Waals surface area contributed by atoms with Crippen molar-refractivity contribution in [3.63, 3.8) is 0 Å². The Labute approximate surface area is 167 Å². The van der Waals surface area contributed by atoms with Gasteiger partial charge in [-0.2, -0.15) is 0 Å². The van der Waals surface area contributed by atoms with Gasteiger partial charge >= 0.3 is 0 Å². The first-order valence-electron chi connectivity index (χ1n) is 8.61. The van der Waals surface area contributed by atoms with E-state index in [1.165, 1.54) is 11.3 Å². The van der Waals surface area contributed by atoms with Crippen molar-refractivity contribution in [2.24, 2.45) is 0 Å². The third-order valence-electron chi connectivity index (χ3n) is 3.81. The summed E-state index contributed by atoms with van der Waals surface area (Å²) < 4.78 is 15.9. The van der Waals surface area contributed by atoms with Gasteiger partial charge in [-0.05, 0) is 43.3 Å². The third kappa shape index (κ3) is 4.72. The fourth-order valence-electron chi connectivity index (χ4n) is 2.46. The largest absolute Gasteiger partial charge is 0.497 e. The van der Waals surface area contributed by atoms with Crippen molar-refractivity contribution in [1.29, 1.82) is 0 Å². The SMILES string of the molecule is CCOc1ccc(Nc2nc(C(=O)Nc3cc(OC)ccc3OC)cs2)cc1. The number of amides is 1. The number of rotatable bonds is 8. The van der Waals surface area contributed by atoms with Gasteiger partial charge in [0.15, 0.2) is 5.13 Å². The van der Waals surface area contributed by atoms with E-state index in [4.69, 9.17) is 14.2 Å². The van der Waals surface area contributed by atoms with Gasteiger partial charge in [0, 0.05) is 17.1 Å². The van der Waals surface area contributed by atoms with Crippen LogP contribution >= 0.6 is 11.3 Å². The molecule has 3 rings (SSSR count). The highest BCUT2D eigenvalue weighted by atomic mass is 32.1. The van der Waals surface area contributed by atoms with E-state index in [-0.39, 0.29) is 5.91 Å². The lowest BCUT2D eigenvalue weighted by Gasteiger charge is -2.11. The number of benzene rings is 2. The second-order valence-corrected chi connectivity index (χ2v) is 6.50. The van der Waals surface area contributed by atoms with Crippen molar-refractivity contribution in [3.05, 3.63) is 53.5 Å². The van der Waals surface area contributed by atoms with Crippen LogP contribution in [0.1, 0.15) is 17.4 Å².